The van der Waals surface area contributed by atoms with Crippen LogP contribution in [0.1, 0.15) is 99.8 Å². The van der Waals surface area contributed by atoms with Gasteiger partial charge < -0.3 is 16.0 Å². The number of pyridine rings is 1. The summed E-state index contributed by atoms with van der Waals surface area (Å²) in [5.74, 6) is 0.132. The van der Waals surface area contributed by atoms with Crippen LogP contribution in [0.3, 0.4) is 0 Å². The third kappa shape index (κ3) is 7.26. The van der Waals surface area contributed by atoms with Crippen LogP contribution in [-0.4, -0.2) is 47.4 Å². The van der Waals surface area contributed by atoms with Gasteiger partial charge >= 0.3 is 0 Å². The van der Waals surface area contributed by atoms with Crippen molar-refractivity contribution in [3.63, 3.8) is 0 Å². The van der Waals surface area contributed by atoms with Gasteiger partial charge in [-0.05, 0) is 98.8 Å². The molecule has 2 aliphatic heterocycles. The fourth-order valence-corrected chi connectivity index (χ4v) is 8.16. The number of nitrogens with two attached hydrogens (primary N) is 1. The van der Waals surface area contributed by atoms with Crippen LogP contribution in [-0.2, 0) is 0 Å². The van der Waals surface area contributed by atoms with Gasteiger partial charge in [0.2, 0.25) is 0 Å². The third-order valence-corrected chi connectivity index (χ3v) is 10.9. The van der Waals surface area contributed by atoms with E-state index in [1.807, 2.05) is 81.6 Å². The number of fused-ring (bicyclic) bond motifs is 1. The molecule has 1 fully saturated rings. The Morgan fingerprint density at radius 1 is 0.836 bits per heavy atom. The van der Waals surface area contributed by atoms with Crippen LogP contribution in [0, 0.1) is 19.3 Å². The van der Waals surface area contributed by atoms with Crippen LogP contribution in [0.4, 0.5) is 28.6 Å². The lowest BCUT2D eigenvalue weighted by Gasteiger charge is -2.51. The van der Waals surface area contributed by atoms with Gasteiger partial charge in [0.25, 0.3) is 11.8 Å². The first-order chi connectivity index (χ1) is 26.5. The molecule has 55 heavy (non-hydrogen) atoms. The van der Waals surface area contributed by atoms with Gasteiger partial charge in [0.1, 0.15) is 5.82 Å². The zero-order valence-electron chi connectivity index (χ0n) is 32.2. The monoisotopic (exact) mass is 732 g/mol. The molecule has 1 saturated heterocycles. The Bertz CT molecular complexity index is 2280. The molecule has 1 unspecified atom stereocenters. The first-order valence-electron chi connectivity index (χ1n) is 19.2. The lowest BCUT2D eigenvalue weighted by Crippen LogP contribution is -2.57. The van der Waals surface area contributed by atoms with Crippen LogP contribution in [0.2, 0.25) is 0 Å². The van der Waals surface area contributed by atoms with E-state index in [2.05, 4.69) is 24.1 Å². The number of benzene rings is 4. The quantitative estimate of drug-likeness (QED) is 0.103. The minimum Gasteiger partial charge on any atom is -0.398 e. The Labute approximate surface area is 323 Å². The SMILES string of the molecule is CCCC1(CCC)CN(c2ncc(C)cc2C(=O)Nc2ccc(C(=O)N3c4ccccc4N=C(c4ccc(C(=O)c5cccc(C)c5N)cc4)C3C)cc2)C1. The van der Waals surface area contributed by atoms with Gasteiger partial charge in [-0.15, -0.1) is 0 Å². The van der Waals surface area contributed by atoms with E-state index in [4.69, 9.17) is 15.7 Å². The second kappa shape index (κ2) is 15.3. The minimum absolute atomic E-state index is 0.152. The molecule has 3 heterocycles. The van der Waals surface area contributed by atoms with Crippen LogP contribution in [0.15, 0.2) is 108 Å². The van der Waals surface area contributed by atoms with E-state index in [0.717, 1.165) is 42.6 Å². The number of hydrogen-bond acceptors (Lipinski definition) is 7. The number of aliphatic imine (C=N–C) groups is 1. The van der Waals surface area contributed by atoms with Crippen molar-refractivity contribution in [1.29, 1.82) is 0 Å². The maximum atomic E-state index is 14.3. The molecule has 1 atom stereocenters. The highest BCUT2D eigenvalue weighted by atomic mass is 16.2. The largest absolute Gasteiger partial charge is 0.398 e. The fraction of sp³-hybridized carbons (Fsp3) is 0.283. The van der Waals surface area contributed by atoms with E-state index in [0.29, 0.717) is 56.5 Å². The second-order valence-electron chi connectivity index (χ2n) is 15.1. The molecule has 3 N–H and O–H groups in total. The van der Waals surface area contributed by atoms with E-state index in [-0.39, 0.29) is 23.0 Å². The number of aromatic nitrogens is 1. The van der Waals surface area contributed by atoms with Crippen LogP contribution in [0.25, 0.3) is 0 Å². The number of aryl methyl sites for hydroxylation is 2. The van der Waals surface area contributed by atoms with Gasteiger partial charge in [-0.25, -0.2) is 9.98 Å². The Kier molecular flexibility index (Phi) is 10.4. The van der Waals surface area contributed by atoms with Crippen LogP contribution in [0.5, 0.6) is 0 Å². The molecule has 7 rings (SSSR count). The molecular formula is C46H48N6O3. The molecule has 1 aromatic heterocycles. The summed E-state index contributed by atoms with van der Waals surface area (Å²) in [4.78, 5) is 55.1. The van der Waals surface area contributed by atoms with Gasteiger partial charge in [0.05, 0.1) is 28.7 Å². The first-order valence-corrected chi connectivity index (χ1v) is 19.2. The normalized spacial score (nSPS) is 15.8. The molecule has 0 aliphatic carbocycles. The average molecular weight is 733 g/mol. The molecule has 9 nitrogen and oxygen atoms in total. The fourth-order valence-electron chi connectivity index (χ4n) is 8.16. The van der Waals surface area contributed by atoms with Crippen molar-refractivity contribution < 1.29 is 14.4 Å². The van der Waals surface area contributed by atoms with Crippen molar-refractivity contribution in [2.45, 2.75) is 66.3 Å². The number of amides is 2. The summed E-state index contributed by atoms with van der Waals surface area (Å²) in [6, 6.07) is 28.8. The zero-order chi connectivity index (χ0) is 38.9. The molecule has 4 aromatic carbocycles. The molecule has 0 spiro atoms. The maximum Gasteiger partial charge on any atom is 0.259 e. The molecule has 2 aliphatic rings. The van der Waals surface area contributed by atoms with Crippen molar-refractivity contribution in [3.05, 3.63) is 142 Å². The number of ketones is 1. The molecule has 0 radical (unpaired) electrons. The Morgan fingerprint density at radius 2 is 1.51 bits per heavy atom. The highest BCUT2D eigenvalue weighted by Crippen LogP contribution is 2.42. The summed E-state index contributed by atoms with van der Waals surface area (Å²) in [5.41, 5.74) is 14.2. The number of nitrogens with one attached hydrogen (secondary N) is 1. The summed E-state index contributed by atoms with van der Waals surface area (Å²) < 4.78 is 0. The van der Waals surface area contributed by atoms with E-state index in [1.165, 1.54) is 12.8 Å². The summed E-state index contributed by atoms with van der Waals surface area (Å²) in [6.07, 6.45) is 6.45. The van der Waals surface area contributed by atoms with Crippen LogP contribution < -0.4 is 20.9 Å². The predicted octanol–water partition coefficient (Wildman–Crippen LogP) is 9.34. The Hall–Kier alpha value is -6.09. The lowest BCUT2D eigenvalue weighted by atomic mass is 9.72. The molecule has 0 bridgehead atoms. The number of nitrogen functional groups attached to an aromatic ring is 1. The molecule has 9 heteroatoms. The van der Waals surface area contributed by atoms with Gasteiger partial charge in [-0.1, -0.05) is 75.2 Å². The lowest BCUT2D eigenvalue weighted by molar-refractivity contribution is 0.0982. The van der Waals surface area contributed by atoms with Crippen molar-refractivity contribution >= 4 is 51.9 Å². The molecule has 280 valence electrons. The second-order valence-corrected chi connectivity index (χ2v) is 15.1. The van der Waals surface area contributed by atoms with Crippen molar-refractivity contribution in [2.24, 2.45) is 10.4 Å². The number of carbonyl (C=O) groups is 3. The molecule has 5 aromatic rings. The number of hydrogen-bond donors (Lipinski definition) is 2. The van der Waals surface area contributed by atoms with Gasteiger partial charge in [-0.2, -0.15) is 0 Å². The van der Waals surface area contributed by atoms with Crippen molar-refractivity contribution in [3.8, 4) is 0 Å². The Balaban J connectivity index is 1.09. The molecule has 0 saturated carbocycles. The molecule has 2 amide bonds. The topological polar surface area (TPSA) is 121 Å². The van der Waals surface area contributed by atoms with Crippen LogP contribution >= 0.6 is 0 Å². The molecular weight excluding hydrogens is 685 g/mol. The predicted molar refractivity (Wildman–Crippen MR) is 222 cm³/mol. The first kappa shape index (κ1) is 37.2. The highest BCUT2D eigenvalue weighted by Gasteiger charge is 2.43. The zero-order valence-corrected chi connectivity index (χ0v) is 32.2. The van der Waals surface area contributed by atoms with E-state index in [9.17, 15) is 14.4 Å². The smallest absolute Gasteiger partial charge is 0.259 e. The van der Waals surface area contributed by atoms with Gasteiger partial charge in [-0.3, -0.25) is 19.3 Å². The Morgan fingerprint density at radius 3 is 2.20 bits per heavy atom. The minimum atomic E-state index is -0.419. The average Bonchev–Trinajstić information content (AvgIpc) is 3.17. The number of carbonyl (C=O) groups excluding carboxylic acids is 3. The number of anilines is 4. The number of para-hydroxylation sites is 3. The van der Waals surface area contributed by atoms with E-state index < -0.39 is 6.04 Å². The van der Waals surface area contributed by atoms with Gasteiger partial charge in [0.15, 0.2) is 5.78 Å². The van der Waals surface area contributed by atoms with E-state index in [1.54, 1.807) is 47.4 Å². The van der Waals surface area contributed by atoms with E-state index >= 15 is 0 Å². The van der Waals surface area contributed by atoms with Gasteiger partial charge in [0, 0.05) is 52.8 Å². The number of nitrogens with zero attached hydrogens (tertiary/aromatic N) is 4. The standard InChI is InChI=1S/C46H48N6O3/c1-6-23-46(24-7-2)27-51(28-46)43-37(25-29(3)26-48-43)44(54)49-35-21-19-34(20-22-35)45(55)52-31(5)41(50-38-13-8-9-14-39(38)52)32-15-17-33(18-16-32)42(53)36-12-10-11-30(4)40(36)47/h8-22,25-26,31H,6-7,23-24,27-28,47H2,1-5H3,(H,49,54). The maximum absolute atomic E-state index is 14.3. The summed E-state index contributed by atoms with van der Waals surface area (Å²) >= 11 is 0. The van der Waals surface area contributed by atoms with Crippen molar-refractivity contribution in [1.82, 2.24) is 4.98 Å². The summed E-state index contributed by atoms with van der Waals surface area (Å²) in [6.45, 7) is 12.0. The highest BCUT2D eigenvalue weighted by molar-refractivity contribution is 6.19. The van der Waals surface area contributed by atoms with Crippen molar-refractivity contribution in [2.75, 3.05) is 33.9 Å². The summed E-state index contributed by atoms with van der Waals surface area (Å²) in [7, 11) is 0. The number of rotatable bonds is 11. The third-order valence-electron chi connectivity index (χ3n) is 10.9. The summed E-state index contributed by atoms with van der Waals surface area (Å²) in [5, 5.41) is 3.05.